The minimum absolute atomic E-state index is 0.00531. The van der Waals surface area contributed by atoms with Crippen molar-refractivity contribution in [2.75, 3.05) is 20.6 Å². The Bertz CT molecular complexity index is 597. The number of amides is 2. The molecule has 0 aliphatic carbocycles. The maximum Gasteiger partial charge on any atom is 0.251 e. The van der Waals surface area contributed by atoms with E-state index in [4.69, 9.17) is 0 Å². The molecular weight excluding hydrogens is 280 g/mol. The molecule has 0 aliphatic rings. The van der Waals surface area contributed by atoms with Gasteiger partial charge in [0.2, 0.25) is 5.91 Å². The number of carbonyl (C=O) groups excluding carboxylic acids is 3. The Morgan fingerprint density at radius 3 is 2.77 bits per heavy atom. The van der Waals surface area contributed by atoms with Crippen molar-refractivity contribution in [2.45, 2.75) is 19.3 Å². The molecule has 5 heteroatoms. The molecule has 0 heterocycles. The van der Waals surface area contributed by atoms with Crippen LogP contribution in [0.2, 0.25) is 0 Å². The van der Waals surface area contributed by atoms with Gasteiger partial charge in [0.25, 0.3) is 5.91 Å². The molecule has 116 valence electrons. The quantitative estimate of drug-likeness (QED) is 0.488. The van der Waals surface area contributed by atoms with Crippen LogP contribution in [0.25, 0.3) is 0 Å². The maximum atomic E-state index is 11.7. The number of hydrogen-bond donors (Lipinski definition) is 1. The molecule has 1 aromatic rings. The first kappa shape index (κ1) is 17.4. The van der Waals surface area contributed by atoms with E-state index >= 15 is 0 Å². The molecular formula is C17H20N2O3. The Hall–Kier alpha value is -2.61. The van der Waals surface area contributed by atoms with Crippen LogP contribution in [0.3, 0.4) is 0 Å². The number of aldehydes is 1. The standard InChI is InChI=1S/C17H20N2O3/c1-19(2)16(21)10-5-3-4-7-14-8-6-9-15(13-14)17(22)18-11-12-20/h6,8-9,12-13H,3,5,10-11H2,1-2H3,(H,18,22). The van der Waals surface area contributed by atoms with Crippen LogP contribution in [0.4, 0.5) is 0 Å². The first-order chi connectivity index (χ1) is 10.5. The van der Waals surface area contributed by atoms with Crippen molar-refractivity contribution in [3.63, 3.8) is 0 Å². The zero-order valence-electron chi connectivity index (χ0n) is 12.9. The van der Waals surface area contributed by atoms with Crippen LogP contribution in [0.15, 0.2) is 24.3 Å². The molecule has 0 atom stereocenters. The SMILES string of the molecule is CN(C)C(=O)CCCC#Cc1cccc(C(=O)NCC=O)c1. The normalized spacial score (nSPS) is 9.36. The number of hydrogen-bond acceptors (Lipinski definition) is 3. The van der Waals surface area contributed by atoms with Crippen molar-refractivity contribution in [1.29, 1.82) is 0 Å². The summed E-state index contributed by atoms with van der Waals surface area (Å²) in [6, 6.07) is 6.91. The molecule has 1 N–H and O–H groups in total. The number of unbranched alkanes of at least 4 members (excludes halogenated alkanes) is 1. The smallest absolute Gasteiger partial charge is 0.251 e. The molecule has 0 spiro atoms. The van der Waals surface area contributed by atoms with Crippen LogP contribution in [0.1, 0.15) is 35.2 Å². The zero-order valence-corrected chi connectivity index (χ0v) is 12.9. The average Bonchev–Trinajstić information content (AvgIpc) is 2.52. The van der Waals surface area contributed by atoms with E-state index in [1.807, 2.05) is 6.07 Å². The molecule has 2 amide bonds. The van der Waals surface area contributed by atoms with E-state index < -0.39 is 0 Å². The van der Waals surface area contributed by atoms with Gasteiger partial charge in [-0.3, -0.25) is 9.59 Å². The predicted molar refractivity (Wildman–Crippen MR) is 84.3 cm³/mol. The summed E-state index contributed by atoms with van der Waals surface area (Å²) in [6.07, 6.45) is 2.46. The highest BCUT2D eigenvalue weighted by molar-refractivity contribution is 5.95. The number of rotatable bonds is 6. The third-order valence-corrected chi connectivity index (χ3v) is 2.89. The third-order valence-electron chi connectivity index (χ3n) is 2.89. The van der Waals surface area contributed by atoms with Crippen molar-refractivity contribution in [3.8, 4) is 11.8 Å². The van der Waals surface area contributed by atoms with Crippen molar-refractivity contribution in [1.82, 2.24) is 10.2 Å². The van der Waals surface area contributed by atoms with E-state index in [1.54, 1.807) is 37.2 Å². The summed E-state index contributed by atoms with van der Waals surface area (Å²) < 4.78 is 0. The first-order valence-electron chi connectivity index (χ1n) is 7.05. The van der Waals surface area contributed by atoms with E-state index in [9.17, 15) is 14.4 Å². The molecule has 0 aromatic heterocycles. The van der Waals surface area contributed by atoms with Gasteiger partial charge < -0.3 is 15.0 Å². The second-order valence-corrected chi connectivity index (χ2v) is 4.90. The topological polar surface area (TPSA) is 66.5 Å². The van der Waals surface area contributed by atoms with E-state index in [2.05, 4.69) is 17.2 Å². The lowest BCUT2D eigenvalue weighted by Gasteiger charge is -2.08. The molecule has 5 nitrogen and oxygen atoms in total. The van der Waals surface area contributed by atoms with Crippen LogP contribution < -0.4 is 5.32 Å². The summed E-state index contributed by atoms with van der Waals surface area (Å²) in [5, 5.41) is 2.48. The zero-order chi connectivity index (χ0) is 16.4. The molecule has 0 unspecified atom stereocenters. The summed E-state index contributed by atoms with van der Waals surface area (Å²) >= 11 is 0. The van der Waals surface area contributed by atoms with Crippen LogP contribution in [0, 0.1) is 11.8 Å². The van der Waals surface area contributed by atoms with Gasteiger partial charge in [-0.05, 0) is 24.6 Å². The van der Waals surface area contributed by atoms with Gasteiger partial charge in [0, 0.05) is 38.1 Å². The second kappa shape index (κ2) is 9.35. The minimum Gasteiger partial charge on any atom is -0.349 e. The lowest BCUT2D eigenvalue weighted by atomic mass is 10.1. The predicted octanol–water partition coefficient (Wildman–Crippen LogP) is 1.23. The largest absolute Gasteiger partial charge is 0.349 e. The molecule has 0 radical (unpaired) electrons. The number of benzene rings is 1. The highest BCUT2D eigenvalue weighted by Gasteiger charge is 2.04. The van der Waals surface area contributed by atoms with Crippen molar-refractivity contribution in [2.24, 2.45) is 0 Å². The molecule has 0 saturated heterocycles. The van der Waals surface area contributed by atoms with Gasteiger partial charge >= 0.3 is 0 Å². The lowest BCUT2D eigenvalue weighted by Crippen LogP contribution is -2.25. The van der Waals surface area contributed by atoms with Gasteiger partial charge in [-0.1, -0.05) is 17.9 Å². The van der Waals surface area contributed by atoms with E-state index in [0.717, 1.165) is 5.56 Å². The fraction of sp³-hybridized carbons (Fsp3) is 0.353. The highest BCUT2D eigenvalue weighted by Crippen LogP contribution is 2.04. The van der Waals surface area contributed by atoms with Gasteiger partial charge in [-0.15, -0.1) is 0 Å². The van der Waals surface area contributed by atoms with Gasteiger partial charge in [0.1, 0.15) is 6.29 Å². The molecule has 22 heavy (non-hydrogen) atoms. The fourth-order valence-electron chi connectivity index (χ4n) is 1.69. The maximum absolute atomic E-state index is 11.7. The van der Waals surface area contributed by atoms with Gasteiger partial charge in [-0.25, -0.2) is 0 Å². The minimum atomic E-state index is -0.299. The Labute approximate surface area is 130 Å². The number of carbonyl (C=O) groups is 3. The molecule has 1 rings (SSSR count). The van der Waals surface area contributed by atoms with Crippen molar-refractivity contribution in [3.05, 3.63) is 35.4 Å². The summed E-state index contributed by atoms with van der Waals surface area (Å²) in [7, 11) is 3.46. The van der Waals surface area contributed by atoms with Crippen molar-refractivity contribution >= 4 is 18.1 Å². The molecule has 0 saturated carbocycles. The Balaban J connectivity index is 2.53. The van der Waals surface area contributed by atoms with E-state index in [-0.39, 0.29) is 18.4 Å². The van der Waals surface area contributed by atoms with E-state index in [1.165, 1.54) is 0 Å². The van der Waals surface area contributed by atoms with Crippen LogP contribution in [-0.2, 0) is 9.59 Å². The molecule has 0 bridgehead atoms. The van der Waals surface area contributed by atoms with Crippen LogP contribution >= 0.6 is 0 Å². The summed E-state index contributed by atoms with van der Waals surface area (Å²) in [5.41, 5.74) is 1.20. The number of nitrogens with one attached hydrogen (secondary N) is 1. The highest BCUT2D eigenvalue weighted by atomic mass is 16.2. The van der Waals surface area contributed by atoms with Crippen molar-refractivity contribution < 1.29 is 14.4 Å². The second-order valence-electron chi connectivity index (χ2n) is 4.90. The summed E-state index contributed by atoms with van der Waals surface area (Å²) in [5.74, 6) is 5.77. The average molecular weight is 300 g/mol. The fourth-order valence-corrected chi connectivity index (χ4v) is 1.69. The molecule has 1 aromatic carbocycles. The number of nitrogens with zero attached hydrogens (tertiary/aromatic N) is 1. The Morgan fingerprint density at radius 1 is 1.32 bits per heavy atom. The van der Waals surface area contributed by atoms with Crippen LogP contribution in [0.5, 0.6) is 0 Å². The van der Waals surface area contributed by atoms with Gasteiger partial charge in [0.05, 0.1) is 6.54 Å². The Morgan fingerprint density at radius 2 is 2.09 bits per heavy atom. The first-order valence-corrected chi connectivity index (χ1v) is 7.05. The lowest BCUT2D eigenvalue weighted by molar-refractivity contribution is -0.128. The molecule has 0 aliphatic heterocycles. The van der Waals surface area contributed by atoms with E-state index in [0.29, 0.717) is 31.1 Å². The van der Waals surface area contributed by atoms with Gasteiger partial charge in [0.15, 0.2) is 0 Å². The van der Waals surface area contributed by atoms with Gasteiger partial charge in [-0.2, -0.15) is 0 Å². The van der Waals surface area contributed by atoms with Crippen LogP contribution in [-0.4, -0.2) is 43.6 Å². The molecule has 0 fully saturated rings. The summed E-state index contributed by atoms with van der Waals surface area (Å²) in [6.45, 7) is -0.00531. The Kier molecular flexibility index (Phi) is 7.41. The monoisotopic (exact) mass is 300 g/mol. The third kappa shape index (κ3) is 6.23. The summed E-state index contributed by atoms with van der Waals surface area (Å²) in [4.78, 5) is 34.9.